The molecule has 1 saturated heterocycles. The first-order chi connectivity index (χ1) is 12.3. The Kier molecular flexibility index (Phi) is 5.03. The summed E-state index contributed by atoms with van der Waals surface area (Å²) in [4.78, 5) is 35.4. The van der Waals surface area contributed by atoms with Crippen LogP contribution in [-0.4, -0.2) is 44.0 Å². The van der Waals surface area contributed by atoms with E-state index in [4.69, 9.17) is 17.3 Å². The summed E-state index contributed by atoms with van der Waals surface area (Å²) in [6.45, 7) is 0. The summed E-state index contributed by atoms with van der Waals surface area (Å²) in [7, 11) is 0. The first-order valence-electron chi connectivity index (χ1n) is 7.53. The highest BCUT2D eigenvalue weighted by Crippen LogP contribution is 2.40. The fraction of sp³-hybridized carbons (Fsp3) is 0.250. The highest BCUT2D eigenvalue weighted by Gasteiger charge is 2.51. The smallest absolute Gasteiger partial charge is 0.352 e. The quantitative estimate of drug-likeness (QED) is 0.337. The monoisotopic (exact) mass is 395 g/mol. The molecular weight excluding hydrogens is 382 g/mol. The largest absolute Gasteiger partial charge is 0.477 e. The Labute approximate surface area is 157 Å². The molecular formula is C16H14ClN3O5S. The Bertz CT molecular complexity index is 869. The number of benzene rings is 1. The zero-order chi connectivity index (χ0) is 19.0. The lowest BCUT2D eigenvalue weighted by atomic mass is 10.0. The number of halogens is 1. The zero-order valence-electron chi connectivity index (χ0n) is 13.3. The van der Waals surface area contributed by atoms with Gasteiger partial charge in [-0.15, -0.1) is 23.4 Å². The number of fused-ring (bicyclic) bond motifs is 1. The predicted octanol–water partition coefficient (Wildman–Crippen LogP) is 1.93. The van der Waals surface area contributed by atoms with Crippen LogP contribution in [0.2, 0.25) is 0 Å². The number of nitro groups is 1. The molecule has 1 fully saturated rings. The van der Waals surface area contributed by atoms with E-state index in [1.165, 1.54) is 34.9 Å². The molecule has 3 N–H and O–H groups in total. The molecule has 0 aromatic heterocycles. The number of carboxylic acids is 1. The third-order valence-electron chi connectivity index (χ3n) is 4.15. The van der Waals surface area contributed by atoms with Crippen molar-refractivity contribution in [2.45, 2.75) is 17.3 Å². The van der Waals surface area contributed by atoms with Gasteiger partial charge in [-0.25, -0.2) is 4.79 Å². The minimum atomic E-state index is -1.23. The van der Waals surface area contributed by atoms with Gasteiger partial charge in [0.15, 0.2) is 0 Å². The van der Waals surface area contributed by atoms with Crippen molar-refractivity contribution in [3.8, 4) is 0 Å². The second-order valence-corrected chi connectivity index (χ2v) is 7.10. The van der Waals surface area contributed by atoms with Crippen LogP contribution >= 0.6 is 23.4 Å². The number of β-lactam (4-membered cyclic amide) rings is 1. The van der Waals surface area contributed by atoms with Gasteiger partial charge in [0.1, 0.15) is 17.1 Å². The number of rotatable bonds is 5. The van der Waals surface area contributed by atoms with Crippen molar-refractivity contribution in [3.05, 3.63) is 56.8 Å². The van der Waals surface area contributed by atoms with E-state index in [-0.39, 0.29) is 22.6 Å². The maximum absolute atomic E-state index is 11.9. The third kappa shape index (κ3) is 3.09. The number of hydrogen-bond donors (Lipinski definition) is 2. The number of nitrogens with zero attached hydrogens (tertiary/aromatic N) is 2. The molecule has 26 heavy (non-hydrogen) atoms. The van der Waals surface area contributed by atoms with E-state index in [0.717, 1.165) is 0 Å². The van der Waals surface area contributed by atoms with Crippen molar-refractivity contribution in [1.29, 1.82) is 0 Å². The summed E-state index contributed by atoms with van der Waals surface area (Å²) >= 11 is 7.07. The van der Waals surface area contributed by atoms with E-state index in [2.05, 4.69) is 0 Å². The van der Waals surface area contributed by atoms with Crippen molar-refractivity contribution < 1.29 is 19.6 Å². The van der Waals surface area contributed by atoms with Gasteiger partial charge in [0, 0.05) is 17.7 Å². The van der Waals surface area contributed by atoms with Crippen molar-refractivity contribution in [1.82, 2.24) is 4.90 Å². The number of carboxylic acid groups (broad SMARTS) is 1. The van der Waals surface area contributed by atoms with Crippen molar-refractivity contribution in [2.24, 2.45) is 5.73 Å². The Morgan fingerprint density at radius 2 is 2.23 bits per heavy atom. The normalized spacial score (nSPS) is 22.4. The molecule has 1 amide bonds. The number of carbonyl (C=O) groups is 2. The molecule has 3 rings (SSSR count). The minimum Gasteiger partial charge on any atom is -0.477 e. The molecule has 0 saturated carbocycles. The Morgan fingerprint density at radius 3 is 2.85 bits per heavy atom. The molecule has 8 nitrogen and oxygen atoms in total. The van der Waals surface area contributed by atoms with Gasteiger partial charge in [0.05, 0.1) is 10.5 Å². The van der Waals surface area contributed by atoms with Crippen LogP contribution in [0.15, 0.2) is 35.5 Å². The van der Waals surface area contributed by atoms with Gasteiger partial charge >= 0.3 is 5.97 Å². The number of hydrogen-bond acceptors (Lipinski definition) is 6. The number of thioether (sulfide) groups is 1. The van der Waals surface area contributed by atoms with Crippen molar-refractivity contribution in [2.75, 3.05) is 5.75 Å². The van der Waals surface area contributed by atoms with E-state index in [1.807, 2.05) is 0 Å². The van der Waals surface area contributed by atoms with Crippen molar-refractivity contribution in [3.63, 3.8) is 0 Å². The van der Waals surface area contributed by atoms with Gasteiger partial charge < -0.3 is 10.8 Å². The molecule has 2 heterocycles. The summed E-state index contributed by atoms with van der Waals surface area (Å²) in [6, 6.07) is 3.89. The Balaban J connectivity index is 1.98. The predicted molar refractivity (Wildman–Crippen MR) is 97.4 cm³/mol. The molecule has 0 aliphatic carbocycles. The third-order valence-corrected chi connectivity index (χ3v) is 5.78. The Hall–Kier alpha value is -2.36. The van der Waals surface area contributed by atoms with Crippen molar-refractivity contribution >= 4 is 47.0 Å². The van der Waals surface area contributed by atoms with E-state index in [0.29, 0.717) is 22.5 Å². The van der Waals surface area contributed by atoms with Crippen LogP contribution in [0, 0.1) is 10.1 Å². The summed E-state index contributed by atoms with van der Waals surface area (Å²) in [6.07, 6.45) is 2.96. The lowest BCUT2D eigenvalue weighted by molar-refractivity contribution is -0.385. The average Bonchev–Trinajstić information content (AvgIpc) is 2.64. The fourth-order valence-electron chi connectivity index (χ4n) is 2.83. The zero-order valence-corrected chi connectivity index (χ0v) is 14.9. The molecule has 136 valence electrons. The summed E-state index contributed by atoms with van der Waals surface area (Å²) in [5.41, 5.74) is 6.77. The van der Waals surface area contributed by atoms with E-state index < -0.39 is 22.8 Å². The van der Waals surface area contributed by atoms with Crippen LogP contribution in [0.25, 0.3) is 6.08 Å². The van der Waals surface area contributed by atoms with E-state index >= 15 is 0 Å². The number of allylic oxidation sites excluding steroid dienone is 1. The summed E-state index contributed by atoms with van der Waals surface area (Å²) < 4.78 is 0. The topological polar surface area (TPSA) is 127 Å². The van der Waals surface area contributed by atoms with Crippen LogP contribution in [0.4, 0.5) is 5.69 Å². The number of alkyl halides is 1. The van der Waals surface area contributed by atoms with Crippen LogP contribution in [-0.2, 0) is 15.5 Å². The number of amides is 1. The molecule has 1 unspecified atom stereocenters. The lowest BCUT2D eigenvalue weighted by Crippen LogP contribution is -2.68. The van der Waals surface area contributed by atoms with E-state index in [9.17, 15) is 24.8 Å². The number of aliphatic carboxylic acids is 1. The van der Waals surface area contributed by atoms with E-state index in [1.54, 1.807) is 12.1 Å². The Morgan fingerprint density at radius 1 is 1.50 bits per heavy atom. The van der Waals surface area contributed by atoms with Gasteiger partial charge in [-0.3, -0.25) is 19.8 Å². The first-order valence-corrected chi connectivity index (χ1v) is 9.11. The average molecular weight is 396 g/mol. The standard InChI is InChI=1S/C16H14ClN3O5S/c17-6-8-1-2-9(11(5-8)20(24)25)3-4-10-7-26-15-12(18)14(21)19(15)13(10)16(22)23/h1-5,12,15H,6-7,18H2,(H,22,23)/b4-3+/t12?,15-/m0/s1. The van der Waals surface area contributed by atoms with Gasteiger partial charge in [-0.05, 0) is 23.3 Å². The number of nitro benzene ring substituents is 1. The molecule has 2 atom stereocenters. The maximum Gasteiger partial charge on any atom is 0.352 e. The van der Waals surface area contributed by atoms with Gasteiger partial charge in [-0.2, -0.15) is 0 Å². The molecule has 1 aromatic carbocycles. The van der Waals surface area contributed by atoms with Gasteiger partial charge in [-0.1, -0.05) is 12.1 Å². The number of nitrogens with two attached hydrogens (primary N) is 1. The van der Waals surface area contributed by atoms with Gasteiger partial charge in [0.2, 0.25) is 5.91 Å². The SMILES string of the molecule is NC1C(=O)N2C(C(=O)O)=C(/C=C/c3ccc(CCl)cc3[N+](=O)[O-])CS[C@@H]12. The molecule has 10 heteroatoms. The maximum atomic E-state index is 11.9. The van der Waals surface area contributed by atoms with Crippen LogP contribution in [0.1, 0.15) is 11.1 Å². The molecule has 0 bridgehead atoms. The first kappa shape index (κ1) is 18.4. The minimum absolute atomic E-state index is 0.125. The highest BCUT2D eigenvalue weighted by molar-refractivity contribution is 8.00. The van der Waals surface area contributed by atoms with Gasteiger partial charge in [0.25, 0.3) is 5.69 Å². The van der Waals surface area contributed by atoms with Crippen LogP contribution < -0.4 is 5.73 Å². The number of carbonyl (C=O) groups excluding carboxylic acids is 1. The molecule has 0 spiro atoms. The molecule has 2 aliphatic heterocycles. The lowest BCUT2D eigenvalue weighted by Gasteiger charge is -2.47. The summed E-state index contributed by atoms with van der Waals surface area (Å²) in [5, 5.41) is 20.3. The van der Waals surface area contributed by atoms with Crippen LogP contribution in [0.3, 0.4) is 0 Å². The second kappa shape index (κ2) is 7.10. The molecule has 2 aliphatic rings. The fourth-order valence-corrected chi connectivity index (χ4v) is 4.26. The van der Waals surface area contributed by atoms with Crippen LogP contribution in [0.5, 0.6) is 0 Å². The molecule has 0 radical (unpaired) electrons. The summed E-state index contributed by atoms with van der Waals surface area (Å²) in [5.74, 6) is -1.19. The second-order valence-electron chi connectivity index (χ2n) is 5.73. The highest BCUT2D eigenvalue weighted by atomic mass is 35.5. The molecule has 1 aromatic rings.